The number of nitrogens with two attached hydrogens (primary N) is 1. The molecule has 7 nitrogen and oxygen atoms in total. The Morgan fingerprint density at radius 2 is 1.85 bits per heavy atom. The molecule has 0 fully saturated rings. The number of nitrogens with one attached hydrogen (secondary N) is 1. The first kappa shape index (κ1) is 23.0. The molecule has 0 aliphatic carbocycles. The Morgan fingerprint density at radius 1 is 1.09 bits per heavy atom. The zero-order valence-corrected chi connectivity index (χ0v) is 19.2. The second-order valence-corrected chi connectivity index (χ2v) is 10.3. The van der Waals surface area contributed by atoms with Crippen molar-refractivity contribution in [3.8, 4) is 0 Å². The van der Waals surface area contributed by atoms with Gasteiger partial charge in [0.15, 0.2) is 0 Å². The lowest BCUT2D eigenvalue weighted by Crippen LogP contribution is -2.35. The molecular formula is C25H27N3O4S. The quantitative estimate of drug-likeness (QED) is 0.492. The van der Waals surface area contributed by atoms with Gasteiger partial charge in [0.2, 0.25) is 10.0 Å². The minimum Gasteiger partial charge on any atom is -0.478 e. The van der Waals surface area contributed by atoms with Gasteiger partial charge < -0.3 is 16.2 Å². The van der Waals surface area contributed by atoms with Crippen LogP contribution in [-0.4, -0.2) is 36.6 Å². The summed E-state index contributed by atoms with van der Waals surface area (Å²) in [6, 6.07) is 18.8. The fourth-order valence-corrected chi connectivity index (χ4v) is 4.99. The van der Waals surface area contributed by atoms with Gasteiger partial charge in [0.05, 0.1) is 11.8 Å². The minimum absolute atomic E-state index is 0.261. The molecule has 0 aromatic heterocycles. The Labute approximate surface area is 193 Å². The van der Waals surface area contributed by atoms with Gasteiger partial charge >= 0.3 is 5.97 Å². The highest BCUT2D eigenvalue weighted by Gasteiger charge is 2.24. The summed E-state index contributed by atoms with van der Waals surface area (Å²) in [5.41, 5.74) is 13.3. The molecule has 0 radical (unpaired) electrons. The van der Waals surface area contributed by atoms with Crippen LogP contribution in [0.25, 0.3) is 0 Å². The normalized spacial score (nSPS) is 14.0. The number of hydrogen-bond donors (Lipinski definition) is 3. The van der Waals surface area contributed by atoms with Gasteiger partial charge in [-0.3, -0.25) is 0 Å². The smallest absolute Gasteiger partial charge is 0.335 e. The standard InChI is InChI=1S/C25H27N3O4S/c1-33(31,32)28-12-11-23-20(16-28)3-2-4-24(23)27-22-10-9-19(15-26)21(14-22)13-17-5-7-18(8-6-17)25(29)30/h2-10,14,27H,11-13,15-16,26H2,1H3,(H,29,30). The van der Waals surface area contributed by atoms with Crippen LogP contribution in [0.5, 0.6) is 0 Å². The lowest BCUT2D eigenvalue weighted by atomic mass is 9.97. The molecule has 1 aliphatic heterocycles. The maximum atomic E-state index is 11.9. The van der Waals surface area contributed by atoms with Crippen molar-refractivity contribution >= 4 is 27.4 Å². The van der Waals surface area contributed by atoms with Crippen LogP contribution in [0, 0.1) is 0 Å². The monoisotopic (exact) mass is 465 g/mol. The number of nitrogens with zero attached hydrogens (tertiary/aromatic N) is 1. The van der Waals surface area contributed by atoms with Crippen LogP contribution < -0.4 is 11.1 Å². The lowest BCUT2D eigenvalue weighted by molar-refractivity contribution is 0.0697. The molecule has 8 heteroatoms. The van der Waals surface area contributed by atoms with E-state index in [9.17, 15) is 13.2 Å². The Kier molecular flexibility index (Phi) is 6.51. The van der Waals surface area contributed by atoms with Crippen molar-refractivity contribution < 1.29 is 18.3 Å². The molecule has 0 bridgehead atoms. The number of aromatic carboxylic acids is 1. The van der Waals surface area contributed by atoms with E-state index in [4.69, 9.17) is 10.8 Å². The summed E-state index contributed by atoms with van der Waals surface area (Å²) >= 11 is 0. The molecule has 0 atom stereocenters. The van der Waals surface area contributed by atoms with Crippen molar-refractivity contribution in [1.82, 2.24) is 4.31 Å². The van der Waals surface area contributed by atoms with Gasteiger partial charge in [-0.15, -0.1) is 0 Å². The molecule has 33 heavy (non-hydrogen) atoms. The highest BCUT2D eigenvalue weighted by Crippen LogP contribution is 2.30. The van der Waals surface area contributed by atoms with Crippen molar-refractivity contribution in [1.29, 1.82) is 0 Å². The molecule has 4 N–H and O–H groups in total. The van der Waals surface area contributed by atoms with Gasteiger partial charge in [0.1, 0.15) is 0 Å². The Morgan fingerprint density at radius 3 is 2.52 bits per heavy atom. The van der Waals surface area contributed by atoms with Crippen molar-refractivity contribution in [2.24, 2.45) is 5.73 Å². The highest BCUT2D eigenvalue weighted by atomic mass is 32.2. The van der Waals surface area contributed by atoms with Crippen LogP contribution in [0.2, 0.25) is 0 Å². The fourth-order valence-electron chi connectivity index (χ4n) is 4.19. The molecule has 0 amide bonds. The number of sulfonamides is 1. The molecule has 0 spiro atoms. The van der Waals surface area contributed by atoms with E-state index in [1.165, 1.54) is 10.6 Å². The predicted octanol–water partition coefficient (Wildman–Crippen LogP) is 3.50. The Hall–Kier alpha value is -3.20. The Balaban J connectivity index is 1.58. The van der Waals surface area contributed by atoms with Crippen molar-refractivity contribution in [2.45, 2.75) is 25.9 Å². The van der Waals surface area contributed by atoms with Crippen LogP contribution in [0.4, 0.5) is 11.4 Å². The zero-order valence-electron chi connectivity index (χ0n) is 18.4. The summed E-state index contributed by atoms with van der Waals surface area (Å²) in [6.07, 6.45) is 2.53. The molecule has 0 unspecified atom stereocenters. The first-order valence-electron chi connectivity index (χ1n) is 10.7. The average Bonchev–Trinajstić information content (AvgIpc) is 2.79. The minimum atomic E-state index is -3.22. The van der Waals surface area contributed by atoms with E-state index < -0.39 is 16.0 Å². The molecule has 4 rings (SSSR count). The van der Waals surface area contributed by atoms with E-state index in [1.807, 2.05) is 42.5 Å². The van der Waals surface area contributed by atoms with Gasteiger partial charge in [-0.1, -0.05) is 30.3 Å². The SMILES string of the molecule is CS(=O)(=O)N1CCc2c(cccc2Nc2ccc(CN)c(Cc3ccc(C(=O)O)cc3)c2)C1. The van der Waals surface area contributed by atoms with Gasteiger partial charge in [-0.2, -0.15) is 4.31 Å². The van der Waals surface area contributed by atoms with Crippen molar-refractivity contribution in [2.75, 3.05) is 18.1 Å². The highest BCUT2D eigenvalue weighted by molar-refractivity contribution is 7.88. The topological polar surface area (TPSA) is 113 Å². The number of carboxylic acids is 1. The third kappa shape index (κ3) is 5.24. The number of hydrogen-bond acceptors (Lipinski definition) is 5. The number of carbonyl (C=O) groups is 1. The van der Waals surface area contributed by atoms with Gasteiger partial charge in [-0.05, 0) is 71.0 Å². The average molecular weight is 466 g/mol. The summed E-state index contributed by atoms with van der Waals surface area (Å²) in [7, 11) is -3.22. The van der Waals surface area contributed by atoms with Crippen LogP contribution in [0.3, 0.4) is 0 Å². The van der Waals surface area contributed by atoms with Crippen LogP contribution >= 0.6 is 0 Å². The summed E-state index contributed by atoms with van der Waals surface area (Å²) in [4.78, 5) is 11.1. The summed E-state index contributed by atoms with van der Waals surface area (Å²) in [5.74, 6) is -0.943. The number of carboxylic acid groups (broad SMARTS) is 1. The van der Waals surface area contributed by atoms with E-state index in [1.54, 1.807) is 12.1 Å². The molecule has 1 aliphatic rings. The van der Waals surface area contributed by atoms with Crippen molar-refractivity contribution in [3.63, 3.8) is 0 Å². The van der Waals surface area contributed by atoms with E-state index in [2.05, 4.69) is 11.4 Å². The van der Waals surface area contributed by atoms with E-state index in [0.717, 1.165) is 39.2 Å². The molecule has 3 aromatic carbocycles. The van der Waals surface area contributed by atoms with Crippen LogP contribution in [0.15, 0.2) is 60.7 Å². The van der Waals surface area contributed by atoms with Crippen LogP contribution in [0.1, 0.15) is 38.2 Å². The number of rotatable bonds is 7. The third-order valence-electron chi connectivity index (χ3n) is 6.00. The lowest BCUT2D eigenvalue weighted by Gasteiger charge is -2.28. The van der Waals surface area contributed by atoms with Crippen LogP contribution in [-0.2, 0) is 36.0 Å². The molecular weight excluding hydrogens is 438 g/mol. The van der Waals surface area contributed by atoms with E-state index >= 15 is 0 Å². The molecule has 172 valence electrons. The van der Waals surface area contributed by atoms with Gasteiger partial charge in [0.25, 0.3) is 0 Å². The second-order valence-electron chi connectivity index (χ2n) is 8.28. The third-order valence-corrected chi connectivity index (χ3v) is 7.25. The summed E-state index contributed by atoms with van der Waals surface area (Å²) < 4.78 is 25.4. The predicted molar refractivity (Wildman–Crippen MR) is 129 cm³/mol. The fraction of sp³-hybridized carbons (Fsp3) is 0.240. The Bertz CT molecular complexity index is 1290. The second kappa shape index (κ2) is 9.35. The number of fused-ring (bicyclic) bond motifs is 1. The van der Waals surface area contributed by atoms with Crippen molar-refractivity contribution in [3.05, 3.63) is 94.0 Å². The summed E-state index contributed by atoms with van der Waals surface area (Å²) in [5, 5.41) is 12.6. The number of anilines is 2. The largest absolute Gasteiger partial charge is 0.478 e. The maximum Gasteiger partial charge on any atom is 0.335 e. The van der Waals surface area contributed by atoms with Gasteiger partial charge in [0, 0.05) is 31.0 Å². The van der Waals surface area contributed by atoms with E-state index in [0.29, 0.717) is 32.5 Å². The molecule has 0 saturated heterocycles. The first-order chi connectivity index (χ1) is 15.7. The first-order valence-corrected chi connectivity index (χ1v) is 12.6. The summed E-state index contributed by atoms with van der Waals surface area (Å²) in [6.45, 7) is 1.26. The van der Waals surface area contributed by atoms with E-state index in [-0.39, 0.29) is 5.56 Å². The molecule has 1 heterocycles. The molecule has 3 aromatic rings. The zero-order chi connectivity index (χ0) is 23.6. The number of benzene rings is 3. The maximum absolute atomic E-state index is 11.9. The van der Waals surface area contributed by atoms with Gasteiger partial charge in [-0.25, -0.2) is 13.2 Å². The molecule has 0 saturated carbocycles.